The first-order valence-corrected chi connectivity index (χ1v) is 7.28. The molecule has 0 aromatic carbocycles. The van der Waals surface area contributed by atoms with Crippen molar-refractivity contribution in [1.29, 1.82) is 0 Å². The molecule has 1 aromatic heterocycles. The summed E-state index contributed by atoms with van der Waals surface area (Å²) in [6.07, 6.45) is 1.08. The van der Waals surface area contributed by atoms with Gasteiger partial charge in [-0.1, -0.05) is 0 Å². The van der Waals surface area contributed by atoms with Crippen molar-refractivity contribution in [2.45, 2.75) is 38.4 Å². The van der Waals surface area contributed by atoms with Gasteiger partial charge in [-0.2, -0.15) is 13.2 Å². The Morgan fingerprint density at radius 3 is 2.91 bits per heavy atom. The summed E-state index contributed by atoms with van der Waals surface area (Å²) >= 11 is 0. The van der Waals surface area contributed by atoms with Gasteiger partial charge in [0.05, 0.1) is 19.1 Å². The fraction of sp³-hybridized carbons (Fsp3) is 0.714. The zero-order chi connectivity index (χ0) is 16.2. The number of nitrogens with zero attached hydrogens (tertiary/aromatic N) is 3. The van der Waals surface area contributed by atoms with Crippen molar-refractivity contribution < 1.29 is 22.7 Å². The molecule has 8 heteroatoms. The maximum atomic E-state index is 12.1. The first-order valence-electron chi connectivity index (χ1n) is 7.28. The molecule has 0 unspecified atom stereocenters. The average molecular weight is 319 g/mol. The van der Waals surface area contributed by atoms with E-state index in [1.807, 2.05) is 17.7 Å². The topological polar surface area (TPSA) is 47.4 Å². The van der Waals surface area contributed by atoms with Crippen LogP contribution in [0.2, 0.25) is 0 Å². The number of aryl methyl sites for hydroxylation is 1. The standard InChI is InChI=1S/C14H20F3N3O2/c1-11-18-5-7-20(11)12-3-2-6-19(9-12)13(21)4-8-22-10-14(15,16)17/h5,7,12H,2-4,6,8-10H2,1H3/t12-/m1/s1. The van der Waals surface area contributed by atoms with Gasteiger partial charge in [-0.15, -0.1) is 0 Å². The summed E-state index contributed by atoms with van der Waals surface area (Å²) in [4.78, 5) is 17.9. The number of alkyl halides is 3. The van der Waals surface area contributed by atoms with E-state index < -0.39 is 12.8 Å². The monoisotopic (exact) mass is 319 g/mol. The van der Waals surface area contributed by atoms with E-state index in [1.165, 1.54) is 0 Å². The van der Waals surface area contributed by atoms with Crippen molar-refractivity contribution in [3.63, 3.8) is 0 Å². The molecule has 0 aliphatic carbocycles. The van der Waals surface area contributed by atoms with Gasteiger partial charge in [0.25, 0.3) is 0 Å². The van der Waals surface area contributed by atoms with E-state index in [1.54, 1.807) is 11.1 Å². The van der Waals surface area contributed by atoms with Crippen LogP contribution in [0.1, 0.15) is 31.1 Å². The van der Waals surface area contributed by atoms with Crippen LogP contribution < -0.4 is 0 Å². The average Bonchev–Trinajstić information content (AvgIpc) is 2.89. The lowest BCUT2D eigenvalue weighted by Crippen LogP contribution is -2.41. The molecule has 5 nitrogen and oxygen atoms in total. The van der Waals surface area contributed by atoms with Crippen molar-refractivity contribution >= 4 is 5.91 Å². The van der Waals surface area contributed by atoms with E-state index in [0.29, 0.717) is 13.1 Å². The molecule has 2 rings (SSSR count). The fourth-order valence-electron chi connectivity index (χ4n) is 2.69. The molecule has 124 valence electrons. The van der Waals surface area contributed by atoms with Crippen LogP contribution in [-0.2, 0) is 9.53 Å². The fourth-order valence-corrected chi connectivity index (χ4v) is 2.69. The van der Waals surface area contributed by atoms with Crippen molar-refractivity contribution in [2.24, 2.45) is 0 Å². The van der Waals surface area contributed by atoms with Crippen LogP contribution in [0.5, 0.6) is 0 Å². The lowest BCUT2D eigenvalue weighted by Gasteiger charge is -2.34. The van der Waals surface area contributed by atoms with E-state index in [2.05, 4.69) is 9.72 Å². The van der Waals surface area contributed by atoms with Crippen LogP contribution in [0.3, 0.4) is 0 Å². The number of amides is 1. The van der Waals surface area contributed by atoms with Gasteiger partial charge in [-0.05, 0) is 19.8 Å². The minimum Gasteiger partial charge on any atom is -0.372 e. The van der Waals surface area contributed by atoms with Crippen LogP contribution >= 0.6 is 0 Å². The minimum atomic E-state index is -4.35. The molecule has 1 aliphatic heterocycles. The van der Waals surface area contributed by atoms with Gasteiger partial charge < -0.3 is 14.2 Å². The third-order valence-electron chi connectivity index (χ3n) is 3.73. The van der Waals surface area contributed by atoms with Crippen molar-refractivity contribution in [3.05, 3.63) is 18.2 Å². The maximum absolute atomic E-state index is 12.1. The Labute approximate surface area is 127 Å². The molecule has 1 saturated heterocycles. The summed E-state index contributed by atoms with van der Waals surface area (Å²) in [5.41, 5.74) is 0. The summed E-state index contributed by atoms with van der Waals surface area (Å²) < 4.78 is 42.4. The van der Waals surface area contributed by atoms with Crippen LogP contribution in [0.15, 0.2) is 12.4 Å². The zero-order valence-electron chi connectivity index (χ0n) is 12.5. The number of ether oxygens (including phenoxy) is 1. The molecule has 0 N–H and O–H groups in total. The van der Waals surface area contributed by atoms with Crippen LogP contribution in [0.4, 0.5) is 13.2 Å². The molecular weight excluding hydrogens is 299 g/mol. The van der Waals surface area contributed by atoms with Gasteiger partial charge in [-0.25, -0.2) is 4.98 Å². The molecule has 1 amide bonds. The van der Waals surface area contributed by atoms with Gasteiger partial charge >= 0.3 is 6.18 Å². The first kappa shape index (κ1) is 16.8. The second kappa shape index (κ2) is 7.13. The van der Waals surface area contributed by atoms with Crippen molar-refractivity contribution in [2.75, 3.05) is 26.3 Å². The highest BCUT2D eigenvalue weighted by Crippen LogP contribution is 2.23. The highest BCUT2D eigenvalue weighted by Gasteiger charge is 2.28. The number of imidazole rings is 1. The van der Waals surface area contributed by atoms with E-state index in [0.717, 1.165) is 18.7 Å². The van der Waals surface area contributed by atoms with Crippen molar-refractivity contribution in [3.8, 4) is 0 Å². The lowest BCUT2D eigenvalue weighted by atomic mass is 10.0. The highest BCUT2D eigenvalue weighted by atomic mass is 19.4. The molecule has 0 radical (unpaired) electrons. The van der Waals surface area contributed by atoms with Crippen LogP contribution in [-0.4, -0.2) is 52.8 Å². The van der Waals surface area contributed by atoms with Gasteiger partial charge in [-0.3, -0.25) is 4.79 Å². The maximum Gasteiger partial charge on any atom is 0.411 e. The predicted molar refractivity (Wildman–Crippen MR) is 73.3 cm³/mol. The number of aromatic nitrogens is 2. The summed E-state index contributed by atoms with van der Waals surface area (Å²) in [5, 5.41) is 0. The molecule has 1 aliphatic rings. The minimum absolute atomic E-state index is 0.0221. The molecule has 0 spiro atoms. The molecule has 0 saturated carbocycles. The Kier molecular flexibility index (Phi) is 5.44. The Bertz CT molecular complexity index is 502. The second-order valence-corrected chi connectivity index (χ2v) is 5.44. The molecule has 2 heterocycles. The normalized spacial score (nSPS) is 19.5. The van der Waals surface area contributed by atoms with E-state index in [4.69, 9.17) is 0 Å². The number of likely N-dealkylation sites (tertiary alicyclic amines) is 1. The number of hydrogen-bond acceptors (Lipinski definition) is 3. The third-order valence-corrected chi connectivity index (χ3v) is 3.73. The van der Waals surface area contributed by atoms with E-state index >= 15 is 0 Å². The Balaban J connectivity index is 1.79. The van der Waals surface area contributed by atoms with Crippen LogP contribution in [0.25, 0.3) is 0 Å². The smallest absolute Gasteiger partial charge is 0.372 e. The second-order valence-electron chi connectivity index (χ2n) is 5.44. The zero-order valence-corrected chi connectivity index (χ0v) is 12.5. The number of piperidine rings is 1. The van der Waals surface area contributed by atoms with Gasteiger partial charge in [0.2, 0.25) is 5.91 Å². The molecule has 1 aromatic rings. The predicted octanol–water partition coefficient (Wildman–Crippen LogP) is 2.32. The first-order chi connectivity index (χ1) is 10.4. The summed E-state index contributed by atoms with van der Waals surface area (Å²) in [5.74, 6) is 0.734. The van der Waals surface area contributed by atoms with Gasteiger partial charge in [0, 0.05) is 25.5 Å². The number of rotatable bonds is 5. The summed E-state index contributed by atoms with van der Waals surface area (Å²) in [6, 6.07) is 0.177. The molecule has 22 heavy (non-hydrogen) atoms. The van der Waals surface area contributed by atoms with E-state index in [-0.39, 0.29) is 25.0 Å². The largest absolute Gasteiger partial charge is 0.411 e. The summed E-state index contributed by atoms with van der Waals surface area (Å²) in [6.45, 7) is 1.60. The quantitative estimate of drug-likeness (QED) is 0.783. The Morgan fingerprint density at radius 1 is 1.50 bits per heavy atom. The molecule has 0 bridgehead atoms. The molecule has 1 atom stereocenters. The number of halogens is 3. The Morgan fingerprint density at radius 2 is 2.27 bits per heavy atom. The lowest BCUT2D eigenvalue weighted by molar-refractivity contribution is -0.175. The number of hydrogen-bond donors (Lipinski definition) is 0. The van der Waals surface area contributed by atoms with E-state index in [9.17, 15) is 18.0 Å². The molecule has 1 fully saturated rings. The third kappa shape index (κ3) is 4.72. The van der Waals surface area contributed by atoms with Gasteiger partial charge in [0.1, 0.15) is 12.4 Å². The molecular formula is C14H20F3N3O2. The van der Waals surface area contributed by atoms with Gasteiger partial charge in [0.15, 0.2) is 0 Å². The number of carbonyl (C=O) groups excluding carboxylic acids is 1. The Hall–Kier alpha value is -1.57. The van der Waals surface area contributed by atoms with Crippen LogP contribution in [0, 0.1) is 6.92 Å². The highest BCUT2D eigenvalue weighted by molar-refractivity contribution is 5.76. The SMILES string of the molecule is Cc1nccn1[C@@H]1CCCN(C(=O)CCOCC(F)(F)F)C1. The van der Waals surface area contributed by atoms with Crippen molar-refractivity contribution in [1.82, 2.24) is 14.5 Å². The number of carbonyl (C=O) groups is 1. The summed E-state index contributed by atoms with van der Waals surface area (Å²) in [7, 11) is 0.